The van der Waals surface area contributed by atoms with Gasteiger partial charge < -0.3 is 9.63 Å². The predicted octanol–water partition coefficient (Wildman–Crippen LogP) is 3.95. The van der Waals surface area contributed by atoms with Gasteiger partial charge in [0.05, 0.1) is 17.8 Å². The van der Waals surface area contributed by atoms with Crippen molar-refractivity contribution in [3.63, 3.8) is 0 Å². The highest BCUT2D eigenvalue weighted by Crippen LogP contribution is 2.30. The Labute approximate surface area is 175 Å². The van der Waals surface area contributed by atoms with Crippen LogP contribution in [-0.4, -0.2) is 35.0 Å². The Hall–Kier alpha value is -4.40. The van der Waals surface area contributed by atoms with Crippen molar-refractivity contribution in [1.29, 1.82) is 0 Å². The van der Waals surface area contributed by atoms with E-state index in [-0.39, 0.29) is 24.1 Å². The van der Waals surface area contributed by atoms with Crippen LogP contribution in [0, 0.1) is 5.82 Å². The van der Waals surface area contributed by atoms with Crippen LogP contribution in [0.1, 0.15) is 5.56 Å². The van der Waals surface area contributed by atoms with E-state index in [1.807, 2.05) is 0 Å². The molecule has 0 atom stereocenters. The standard InChI is InChI=1S/C22H15FN6O2/c23-17-4-2-1-3-15(17)13-29-20(18-7-10-31-28-18)11-19(27-29)21-25-12-16(22(30)26-21)14-5-8-24-9-6-14/h1-12H,13H2,(H,25,26,30). The average molecular weight is 414 g/mol. The van der Waals surface area contributed by atoms with Crippen molar-refractivity contribution in [2.24, 2.45) is 0 Å². The number of rotatable bonds is 5. The zero-order chi connectivity index (χ0) is 21.2. The molecule has 0 radical (unpaired) electrons. The van der Waals surface area contributed by atoms with E-state index in [2.05, 4.69) is 25.2 Å². The smallest absolute Gasteiger partial charge is 0.222 e. The molecule has 152 valence electrons. The Morgan fingerprint density at radius 1 is 1.03 bits per heavy atom. The number of benzene rings is 1. The van der Waals surface area contributed by atoms with Gasteiger partial charge in [-0.15, -0.1) is 0 Å². The fourth-order valence-electron chi connectivity index (χ4n) is 3.22. The highest BCUT2D eigenvalue weighted by Gasteiger charge is 2.18. The number of nitrogens with zero attached hydrogens (tertiary/aromatic N) is 6. The summed E-state index contributed by atoms with van der Waals surface area (Å²) >= 11 is 0. The van der Waals surface area contributed by atoms with Gasteiger partial charge in [-0.2, -0.15) is 10.1 Å². The first-order valence-corrected chi connectivity index (χ1v) is 9.38. The highest BCUT2D eigenvalue weighted by molar-refractivity contribution is 5.69. The predicted molar refractivity (Wildman–Crippen MR) is 109 cm³/mol. The van der Waals surface area contributed by atoms with Crippen LogP contribution in [0.5, 0.6) is 5.88 Å². The van der Waals surface area contributed by atoms with Crippen molar-refractivity contribution in [2.75, 3.05) is 0 Å². The number of hydrogen-bond acceptors (Lipinski definition) is 7. The molecule has 0 aliphatic carbocycles. The summed E-state index contributed by atoms with van der Waals surface area (Å²) in [6.07, 6.45) is 6.22. The number of aromatic hydroxyl groups is 1. The molecule has 0 spiro atoms. The van der Waals surface area contributed by atoms with Crippen LogP contribution in [0.15, 0.2) is 77.9 Å². The molecule has 0 unspecified atom stereocenters. The third-order valence-electron chi connectivity index (χ3n) is 4.75. The number of halogens is 1. The van der Waals surface area contributed by atoms with Crippen LogP contribution < -0.4 is 0 Å². The normalized spacial score (nSPS) is 11.0. The number of hydrogen-bond donors (Lipinski definition) is 1. The van der Waals surface area contributed by atoms with Crippen LogP contribution >= 0.6 is 0 Å². The molecule has 4 aromatic heterocycles. The summed E-state index contributed by atoms with van der Waals surface area (Å²) in [7, 11) is 0. The van der Waals surface area contributed by atoms with Crippen molar-refractivity contribution in [2.45, 2.75) is 6.54 Å². The van der Waals surface area contributed by atoms with Gasteiger partial charge in [-0.25, -0.2) is 9.37 Å². The molecule has 31 heavy (non-hydrogen) atoms. The highest BCUT2D eigenvalue weighted by atomic mass is 19.1. The lowest BCUT2D eigenvalue weighted by molar-refractivity contribution is 0.421. The lowest BCUT2D eigenvalue weighted by Gasteiger charge is -2.06. The third kappa shape index (κ3) is 3.64. The van der Waals surface area contributed by atoms with Crippen molar-refractivity contribution in [1.82, 2.24) is 29.9 Å². The molecule has 1 N–H and O–H groups in total. The van der Waals surface area contributed by atoms with E-state index in [4.69, 9.17) is 4.52 Å². The molecule has 4 heterocycles. The molecular formula is C22H15FN6O2. The van der Waals surface area contributed by atoms with Gasteiger partial charge >= 0.3 is 0 Å². The molecule has 0 aliphatic rings. The van der Waals surface area contributed by atoms with Gasteiger partial charge in [-0.1, -0.05) is 23.4 Å². The van der Waals surface area contributed by atoms with E-state index in [0.717, 1.165) is 5.56 Å². The van der Waals surface area contributed by atoms with E-state index < -0.39 is 0 Å². The Bertz CT molecular complexity index is 1340. The summed E-state index contributed by atoms with van der Waals surface area (Å²) in [5.41, 5.74) is 3.24. The summed E-state index contributed by atoms with van der Waals surface area (Å²) in [6.45, 7) is 0.177. The minimum atomic E-state index is -0.332. The Morgan fingerprint density at radius 2 is 1.87 bits per heavy atom. The largest absolute Gasteiger partial charge is 0.493 e. The Morgan fingerprint density at radius 3 is 2.61 bits per heavy atom. The zero-order valence-corrected chi connectivity index (χ0v) is 16.1. The molecule has 5 rings (SSSR count). The quantitative estimate of drug-likeness (QED) is 0.464. The summed E-state index contributed by atoms with van der Waals surface area (Å²) < 4.78 is 20.8. The first kappa shape index (κ1) is 18.6. The monoisotopic (exact) mass is 414 g/mol. The minimum absolute atomic E-state index is 0.177. The van der Waals surface area contributed by atoms with Crippen LogP contribution in [0.3, 0.4) is 0 Å². The van der Waals surface area contributed by atoms with Crippen LogP contribution in [-0.2, 0) is 6.54 Å². The molecule has 0 saturated heterocycles. The van der Waals surface area contributed by atoms with E-state index >= 15 is 0 Å². The van der Waals surface area contributed by atoms with Crippen LogP contribution in [0.4, 0.5) is 4.39 Å². The second-order valence-corrected chi connectivity index (χ2v) is 6.72. The molecule has 5 aromatic rings. The van der Waals surface area contributed by atoms with Crippen molar-refractivity contribution >= 4 is 0 Å². The Kier molecular flexibility index (Phi) is 4.68. The second-order valence-electron chi connectivity index (χ2n) is 6.72. The number of pyridine rings is 1. The lowest BCUT2D eigenvalue weighted by Crippen LogP contribution is -2.06. The molecule has 0 amide bonds. The lowest BCUT2D eigenvalue weighted by atomic mass is 10.1. The Balaban J connectivity index is 1.56. The maximum absolute atomic E-state index is 14.2. The van der Waals surface area contributed by atoms with E-state index in [1.54, 1.807) is 59.5 Å². The van der Waals surface area contributed by atoms with Gasteiger partial charge in [0, 0.05) is 30.2 Å². The average Bonchev–Trinajstić information content (AvgIpc) is 3.46. The summed E-state index contributed by atoms with van der Waals surface area (Å²) in [5, 5.41) is 19.0. The van der Waals surface area contributed by atoms with E-state index in [1.165, 1.54) is 18.5 Å². The summed E-state index contributed by atoms with van der Waals surface area (Å²) in [4.78, 5) is 12.5. The van der Waals surface area contributed by atoms with E-state index in [9.17, 15) is 9.50 Å². The minimum Gasteiger partial charge on any atom is -0.493 e. The van der Waals surface area contributed by atoms with Gasteiger partial charge in [0.15, 0.2) is 5.82 Å². The SMILES string of the molecule is Oc1nc(-c2cc(-c3ccon3)n(Cc3ccccc3F)n2)ncc1-c1ccncc1. The van der Waals surface area contributed by atoms with Gasteiger partial charge in [-0.05, 0) is 29.8 Å². The van der Waals surface area contributed by atoms with Gasteiger partial charge in [0.2, 0.25) is 5.88 Å². The second kappa shape index (κ2) is 7.79. The topological polar surface area (TPSA) is 103 Å². The molecule has 8 nitrogen and oxygen atoms in total. The molecule has 0 fully saturated rings. The van der Waals surface area contributed by atoms with Gasteiger partial charge in [0.25, 0.3) is 0 Å². The van der Waals surface area contributed by atoms with Crippen molar-refractivity contribution in [3.8, 4) is 39.9 Å². The number of aromatic nitrogens is 6. The molecule has 0 saturated carbocycles. The van der Waals surface area contributed by atoms with E-state index in [0.29, 0.717) is 28.2 Å². The van der Waals surface area contributed by atoms with Gasteiger partial charge in [0.1, 0.15) is 23.5 Å². The molecule has 0 aliphatic heterocycles. The van der Waals surface area contributed by atoms with Crippen LogP contribution in [0.25, 0.3) is 34.0 Å². The van der Waals surface area contributed by atoms with Crippen LogP contribution in [0.2, 0.25) is 0 Å². The molecule has 1 aromatic carbocycles. The first-order chi connectivity index (χ1) is 15.2. The molecular weight excluding hydrogens is 399 g/mol. The fraction of sp³-hybridized carbons (Fsp3) is 0.0455. The fourth-order valence-corrected chi connectivity index (χ4v) is 3.22. The zero-order valence-electron chi connectivity index (χ0n) is 16.1. The van der Waals surface area contributed by atoms with Crippen molar-refractivity contribution in [3.05, 3.63) is 84.8 Å². The summed E-state index contributed by atoms with van der Waals surface area (Å²) in [5.74, 6) is -0.281. The summed E-state index contributed by atoms with van der Waals surface area (Å²) in [6, 6.07) is 13.4. The molecule has 0 bridgehead atoms. The third-order valence-corrected chi connectivity index (χ3v) is 4.75. The van der Waals surface area contributed by atoms with Gasteiger partial charge in [-0.3, -0.25) is 9.67 Å². The van der Waals surface area contributed by atoms with Crippen molar-refractivity contribution < 1.29 is 14.0 Å². The molecule has 9 heteroatoms. The maximum atomic E-state index is 14.2. The first-order valence-electron chi connectivity index (χ1n) is 9.38. The maximum Gasteiger partial charge on any atom is 0.222 e.